The van der Waals surface area contributed by atoms with Crippen LogP contribution in [0.2, 0.25) is 0 Å². The van der Waals surface area contributed by atoms with Crippen molar-refractivity contribution in [2.75, 3.05) is 16.9 Å². The van der Waals surface area contributed by atoms with Crippen LogP contribution in [0.25, 0.3) is 0 Å². The molecule has 4 atom stereocenters. The number of anilines is 2. The van der Waals surface area contributed by atoms with Gasteiger partial charge in [0.15, 0.2) is 12.0 Å². The van der Waals surface area contributed by atoms with Crippen molar-refractivity contribution in [3.05, 3.63) is 41.7 Å². The van der Waals surface area contributed by atoms with Crippen LogP contribution >= 0.6 is 0 Å². The molecule has 1 aromatic heterocycles. The number of aliphatic hydroxyl groups excluding tert-OH is 2. The highest BCUT2D eigenvalue weighted by atomic mass is 16.6. The Labute approximate surface area is 160 Å². The summed E-state index contributed by atoms with van der Waals surface area (Å²) in [5.74, 6) is 0.341. The van der Waals surface area contributed by atoms with Gasteiger partial charge in [-0.1, -0.05) is 12.1 Å². The molecule has 2 aliphatic heterocycles. The van der Waals surface area contributed by atoms with Crippen molar-refractivity contribution < 1.29 is 24.5 Å². The number of benzene rings is 1. The molecule has 1 aromatic carbocycles. The summed E-state index contributed by atoms with van der Waals surface area (Å²) in [7, 11) is 0. The lowest BCUT2D eigenvalue weighted by Gasteiger charge is -2.26. The summed E-state index contributed by atoms with van der Waals surface area (Å²) >= 11 is 0. The number of rotatable bonds is 5. The van der Waals surface area contributed by atoms with Crippen LogP contribution in [0.5, 0.6) is 5.88 Å². The van der Waals surface area contributed by atoms with Crippen LogP contribution in [0.1, 0.15) is 22.8 Å². The first-order chi connectivity index (χ1) is 13.5. The average molecular weight is 387 g/mol. The molecule has 0 aliphatic carbocycles. The third-order valence-electron chi connectivity index (χ3n) is 4.86. The molecule has 0 radical (unpaired) electrons. The maximum Gasteiger partial charge on any atom is 0.248 e. The molecule has 10 heteroatoms. The molecule has 4 rings (SSSR count). The molecule has 5 N–H and O–H groups in total. The van der Waals surface area contributed by atoms with Gasteiger partial charge in [-0.3, -0.25) is 4.79 Å². The van der Waals surface area contributed by atoms with E-state index in [9.17, 15) is 15.0 Å². The van der Waals surface area contributed by atoms with Crippen LogP contribution < -0.4 is 20.7 Å². The predicted octanol–water partition coefficient (Wildman–Crippen LogP) is -0.190. The summed E-state index contributed by atoms with van der Waals surface area (Å²) < 4.78 is 11.5. The van der Waals surface area contributed by atoms with Crippen molar-refractivity contribution in [2.24, 2.45) is 5.73 Å². The van der Waals surface area contributed by atoms with E-state index in [0.29, 0.717) is 29.6 Å². The number of ether oxygens (including phenoxy) is 2. The number of nitrogens with zero attached hydrogens (tertiary/aromatic N) is 3. The maximum absolute atomic E-state index is 11.3. The van der Waals surface area contributed by atoms with E-state index in [1.807, 2.05) is 6.07 Å². The van der Waals surface area contributed by atoms with Crippen LogP contribution in [0.4, 0.5) is 11.5 Å². The summed E-state index contributed by atoms with van der Waals surface area (Å²) in [6.07, 6.45) is -1.88. The van der Waals surface area contributed by atoms with E-state index < -0.39 is 30.4 Å². The van der Waals surface area contributed by atoms with E-state index in [0.717, 1.165) is 5.56 Å². The molecule has 2 aliphatic rings. The molecule has 28 heavy (non-hydrogen) atoms. The lowest BCUT2D eigenvalue weighted by Crippen LogP contribution is -2.44. The van der Waals surface area contributed by atoms with Crippen molar-refractivity contribution in [1.29, 1.82) is 0 Å². The number of aromatic nitrogens is 2. The molecule has 0 bridgehead atoms. The molecule has 2 aromatic rings. The van der Waals surface area contributed by atoms with E-state index in [2.05, 4.69) is 15.3 Å². The Morgan fingerprint density at radius 1 is 1.39 bits per heavy atom. The fourth-order valence-electron chi connectivity index (χ4n) is 3.34. The number of aliphatic hydroxyl groups is 2. The normalized spacial score (nSPS) is 26.0. The summed E-state index contributed by atoms with van der Waals surface area (Å²) in [6, 6.07) is 6.85. The minimum absolute atomic E-state index is 0.185. The molecule has 0 saturated carbocycles. The smallest absolute Gasteiger partial charge is 0.248 e. The van der Waals surface area contributed by atoms with Crippen molar-refractivity contribution in [3.63, 3.8) is 0 Å². The number of hydrogen-bond donors (Lipinski definition) is 4. The first-order valence-electron chi connectivity index (χ1n) is 8.84. The fourth-order valence-corrected chi connectivity index (χ4v) is 3.34. The minimum atomic E-state index is -1.06. The van der Waals surface area contributed by atoms with Gasteiger partial charge in [-0.05, 0) is 24.6 Å². The zero-order chi connectivity index (χ0) is 19.8. The van der Waals surface area contributed by atoms with Crippen LogP contribution in [0, 0.1) is 0 Å². The van der Waals surface area contributed by atoms with Crippen molar-refractivity contribution in [2.45, 2.75) is 38.1 Å². The topological polar surface area (TPSA) is 143 Å². The van der Waals surface area contributed by atoms with E-state index >= 15 is 0 Å². The van der Waals surface area contributed by atoms with Crippen LogP contribution in [-0.4, -0.2) is 57.3 Å². The summed E-state index contributed by atoms with van der Waals surface area (Å²) in [5, 5.41) is 23.3. The van der Waals surface area contributed by atoms with E-state index in [4.69, 9.17) is 15.2 Å². The van der Waals surface area contributed by atoms with Gasteiger partial charge in [0, 0.05) is 5.56 Å². The second-order valence-corrected chi connectivity index (χ2v) is 6.75. The summed E-state index contributed by atoms with van der Waals surface area (Å²) in [5.41, 5.74) is 7.04. The highest BCUT2D eigenvalue weighted by molar-refractivity contribution is 5.92. The second-order valence-electron chi connectivity index (χ2n) is 6.75. The quantitative estimate of drug-likeness (QED) is 0.549. The first-order valence-corrected chi connectivity index (χ1v) is 8.84. The maximum atomic E-state index is 11.3. The van der Waals surface area contributed by atoms with Crippen molar-refractivity contribution in [3.8, 4) is 5.88 Å². The SMILES string of the molecule is C[C@H]1O[C@@H](N2CNc3c(OCc4cccc(C(N)=O)c4)ncnc32)[C@H](O)[C@@H]1O. The Hall–Kier alpha value is -2.95. The van der Waals surface area contributed by atoms with Crippen LogP contribution in [0.15, 0.2) is 30.6 Å². The van der Waals surface area contributed by atoms with Crippen molar-refractivity contribution in [1.82, 2.24) is 9.97 Å². The zero-order valence-electron chi connectivity index (χ0n) is 15.1. The highest BCUT2D eigenvalue weighted by Gasteiger charge is 2.46. The van der Waals surface area contributed by atoms with E-state index in [1.54, 1.807) is 30.0 Å². The Morgan fingerprint density at radius 3 is 2.93 bits per heavy atom. The molecule has 3 heterocycles. The molecule has 148 valence electrons. The Kier molecular flexibility index (Phi) is 4.75. The number of amides is 1. The van der Waals surface area contributed by atoms with E-state index in [-0.39, 0.29) is 6.61 Å². The largest absolute Gasteiger partial charge is 0.471 e. The number of nitrogens with one attached hydrogen (secondary N) is 1. The van der Waals surface area contributed by atoms with Gasteiger partial charge < -0.3 is 35.6 Å². The zero-order valence-corrected chi connectivity index (χ0v) is 15.1. The third kappa shape index (κ3) is 3.21. The highest BCUT2D eigenvalue weighted by Crippen LogP contribution is 2.39. The van der Waals surface area contributed by atoms with Gasteiger partial charge in [0.1, 0.15) is 30.8 Å². The van der Waals surface area contributed by atoms with Gasteiger partial charge in [0.05, 0.1) is 12.8 Å². The molecule has 1 amide bonds. The number of hydrogen-bond acceptors (Lipinski definition) is 9. The third-order valence-corrected chi connectivity index (χ3v) is 4.86. The number of fused-ring (bicyclic) bond motifs is 1. The lowest BCUT2D eigenvalue weighted by molar-refractivity contribution is 0.0157. The minimum Gasteiger partial charge on any atom is -0.471 e. The molecule has 0 spiro atoms. The molecular weight excluding hydrogens is 366 g/mol. The number of carbonyl (C=O) groups excluding carboxylic acids is 1. The van der Waals surface area contributed by atoms with Gasteiger partial charge in [0.25, 0.3) is 0 Å². The second kappa shape index (κ2) is 7.23. The molecule has 1 fully saturated rings. The first kappa shape index (κ1) is 18.4. The van der Waals surface area contributed by atoms with E-state index in [1.165, 1.54) is 6.33 Å². The van der Waals surface area contributed by atoms with Gasteiger partial charge >= 0.3 is 0 Å². The number of nitrogens with two attached hydrogens (primary N) is 1. The molecule has 10 nitrogen and oxygen atoms in total. The number of carbonyl (C=O) groups is 1. The molecular formula is C18H21N5O5. The average Bonchev–Trinajstić information content (AvgIpc) is 3.23. The monoisotopic (exact) mass is 387 g/mol. The lowest BCUT2D eigenvalue weighted by atomic mass is 10.1. The van der Waals surface area contributed by atoms with Crippen molar-refractivity contribution >= 4 is 17.4 Å². The predicted molar refractivity (Wildman–Crippen MR) is 98.6 cm³/mol. The van der Waals surface area contributed by atoms with Gasteiger partial charge in [-0.2, -0.15) is 4.98 Å². The standard InChI is InChI=1S/C18H21N5O5/c1-9-13(24)14(25)18(28-9)23-8-22-12-16(23)20-7-21-17(12)27-6-10-3-2-4-11(5-10)15(19)26/h2-5,7,9,13-14,18,22,24-25H,6,8H2,1H3,(H2,19,26)/t9-,13-,14-,18-/m1/s1. The fraction of sp³-hybridized carbons (Fsp3) is 0.389. The Balaban J connectivity index is 1.52. The van der Waals surface area contributed by atoms with Gasteiger partial charge in [-0.15, -0.1) is 0 Å². The van der Waals surface area contributed by atoms with Crippen LogP contribution in [0.3, 0.4) is 0 Å². The van der Waals surface area contributed by atoms with Gasteiger partial charge in [-0.25, -0.2) is 4.98 Å². The number of primary amides is 1. The Morgan fingerprint density at radius 2 is 2.21 bits per heavy atom. The Bertz CT molecular complexity index is 894. The molecule has 1 saturated heterocycles. The molecule has 0 unspecified atom stereocenters. The summed E-state index contributed by atoms with van der Waals surface area (Å²) in [6.45, 7) is 2.21. The summed E-state index contributed by atoms with van der Waals surface area (Å²) in [4.78, 5) is 21.5. The van der Waals surface area contributed by atoms with Gasteiger partial charge in [0.2, 0.25) is 11.8 Å². The van der Waals surface area contributed by atoms with Crippen LogP contribution in [-0.2, 0) is 11.3 Å².